The monoisotopic (exact) mass is 483 g/mol. The van der Waals surface area contributed by atoms with E-state index in [0.717, 1.165) is 24.3 Å². The summed E-state index contributed by atoms with van der Waals surface area (Å²) in [6.45, 7) is 0. The van der Waals surface area contributed by atoms with Crippen LogP contribution >= 0.6 is 0 Å². The van der Waals surface area contributed by atoms with Gasteiger partial charge in [0.1, 0.15) is 10.1 Å². The van der Waals surface area contributed by atoms with Crippen molar-refractivity contribution in [3.63, 3.8) is 0 Å². The minimum atomic E-state index is -4.68. The van der Waals surface area contributed by atoms with E-state index in [-0.39, 0.29) is 87.3 Å². The number of rotatable bonds is 6. The van der Waals surface area contributed by atoms with Crippen molar-refractivity contribution in [1.29, 1.82) is 0 Å². The van der Waals surface area contributed by atoms with Crippen molar-refractivity contribution >= 4 is 43.5 Å². The average molecular weight is 483 g/mol. The maximum atomic E-state index is 11.7. The Morgan fingerprint density at radius 1 is 0.774 bits per heavy atom. The van der Waals surface area contributed by atoms with Crippen molar-refractivity contribution < 1.29 is 90.2 Å². The molecule has 0 bridgehead atoms. The van der Waals surface area contributed by atoms with Crippen molar-refractivity contribution in [2.24, 2.45) is 0 Å². The molecule has 0 aliphatic rings. The summed E-state index contributed by atoms with van der Waals surface area (Å²) < 4.78 is 64.8. The molecular formula is C15H11N5Na2O7S2. The quantitative estimate of drug-likeness (QED) is 0.223. The molecule has 1 aromatic heterocycles. The van der Waals surface area contributed by atoms with E-state index in [1.165, 1.54) is 24.3 Å². The van der Waals surface area contributed by atoms with Crippen LogP contribution in [0.25, 0.3) is 0 Å². The number of hydrogen-bond donors (Lipinski definition) is 3. The number of nitrogens with zero attached hydrogens (tertiary/aromatic N) is 3. The largest absolute Gasteiger partial charge is 1.00 e. The zero-order valence-corrected chi connectivity index (χ0v) is 21.8. The Kier molecular flexibility index (Phi) is 9.83. The first-order chi connectivity index (χ1) is 13.5. The molecular weight excluding hydrogens is 472 g/mol. The van der Waals surface area contributed by atoms with Gasteiger partial charge in [0.05, 0.1) is 15.8 Å². The van der Waals surface area contributed by atoms with E-state index >= 15 is 0 Å². The predicted molar refractivity (Wildman–Crippen MR) is 96.5 cm³/mol. The maximum Gasteiger partial charge on any atom is 1.00 e. The zero-order valence-electron chi connectivity index (χ0n) is 16.2. The molecule has 0 saturated carbocycles. The molecule has 3 rings (SSSR count). The maximum absolute atomic E-state index is 11.7. The zero-order chi connectivity index (χ0) is 21.2. The van der Waals surface area contributed by atoms with Crippen LogP contribution in [0, 0.1) is 0 Å². The van der Waals surface area contributed by atoms with Gasteiger partial charge < -0.3 is 20.3 Å². The summed E-state index contributed by atoms with van der Waals surface area (Å²) >= 11 is 0. The first-order valence-electron chi connectivity index (χ1n) is 7.61. The third kappa shape index (κ3) is 7.94. The van der Waals surface area contributed by atoms with E-state index in [4.69, 9.17) is 4.55 Å². The topological polar surface area (TPSA) is 197 Å². The van der Waals surface area contributed by atoms with Gasteiger partial charge in [-0.3, -0.25) is 4.55 Å². The second kappa shape index (κ2) is 11.0. The van der Waals surface area contributed by atoms with Crippen molar-refractivity contribution in [3.8, 4) is 6.01 Å². The molecule has 12 nitrogen and oxygen atoms in total. The third-order valence-corrected chi connectivity index (χ3v) is 5.06. The third-order valence-electron chi connectivity index (χ3n) is 3.38. The summed E-state index contributed by atoms with van der Waals surface area (Å²) in [6, 6.07) is 8.99. The molecule has 3 N–H and O–H groups in total. The number of aromatic nitrogens is 3. The van der Waals surface area contributed by atoms with Crippen LogP contribution < -0.4 is 74.9 Å². The van der Waals surface area contributed by atoms with Gasteiger partial charge in [-0.05, 0) is 36.4 Å². The molecule has 0 unspecified atom stereocenters. The summed E-state index contributed by atoms with van der Waals surface area (Å²) in [4.78, 5) is 10.1. The van der Waals surface area contributed by atoms with Crippen LogP contribution in [-0.2, 0) is 20.2 Å². The molecule has 152 valence electrons. The van der Waals surface area contributed by atoms with Crippen LogP contribution in [0.2, 0.25) is 0 Å². The molecule has 0 amide bonds. The van der Waals surface area contributed by atoms with Gasteiger partial charge in [0.25, 0.3) is 10.1 Å². The molecule has 0 fully saturated rings. The van der Waals surface area contributed by atoms with Gasteiger partial charge in [0.2, 0.25) is 11.9 Å². The van der Waals surface area contributed by atoms with E-state index in [2.05, 4.69) is 25.6 Å². The van der Waals surface area contributed by atoms with E-state index in [1.807, 2.05) is 0 Å². The first kappa shape index (κ1) is 27.7. The van der Waals surface area contributed by atoms with Crippen LogP contribution in [0.4, 0.5) is 23.3 Å². The van der Waals surface area contributed by atoms with Crippen LogP contribution in [0.3, 0.4) is 0 Å². The van der Waals surface area contributed by atoms with Crippen molar-refractivity contribution in [2.75, 3.05) is 10.6 Å². The Labute approximate surface area is 221 Å². The molecule has 2 aromatic carbocycles. The summed E-state index contributed by atoms with van der Waals surface area (Å²) in [7, 11) is -9.11. The minimum Gasteiger partial charge on any atom is -0.844 e. The number of nitrogens with one attached hydrogen (secondary N) is 2. The van der Waals surface area contributed by atoms with Crippen molar-refractivity contribution in [2.45, 2.75) is 9.79 Å². The second-order valence-electron chi connectivity index (χ2n) is 5.50. The number of hydrogen-bond acceptors (Lipinski definition) is 11. The second-order valence-corrected chi connectivity index (χ2v) is 8.30. The molecule has 1 heterocycles. The van der Waals surface area contributed by atoms with Gasteiger partial charge >= 0.3 is 59.1 Å². The molecule has 3 aromatic rings. The number of benzene rings is 2. The van der Waals surface area contributed by atoms with Crippen molar-refractivity contribution in [1.82, 2.24) is 15.0 Å². The standard InChI is InChI=1S/C15H13N5O7S2.2Na/c21-15-19-13(16-9-3-1-5-11(7-9)28(22,23)24)18-14(20-15)17-10-4-2-6-12(8-10)29(25,26)27;;/h1-8H,(H,22,23,24)(H,25,26,27)(H3,16,17,18,19,20,21);;/q;2*+1/p-2. The fraction of sp³-hybridized carbons (Fsp3) is 0. The average Bonchev–Trinajstić information content (AvgIpc) is 2.60. The summed E-state index contributed by atoms with van der Waals surface area (Å²) in [5, 5.41) is 16.9. The van der Waals surface area contributed by atoms with E-state index in [0.29, 0.717) is 0 Å². The van der Waals surface area contributed by atoms with Gasteiger partial charge in [0.15, 0.2) is 0 Å². The fourth-order valence-electron chi connectivity index (χ4n) is 2.19. The fourth-order valence-corrected chi connectivity index (χ4v) is 3.23. The molecule has 0 aliphatic carbocycles. The normalized spacial score (nSPS) is 11.0. The molecule has 16 heteroatoms. The summed E-state index contributed by atoms with van der Waals surface area (Å²) in [5.74, 6) is -0.494. The van der Waals surface area contributed by atoms with Gasteiger partial charge in [-0.1, -0.05) is 12.1 Å². The molecule has 0 spiro atoms. The van der Waals surface area contributed by atoms with Crippen molar-refractivity contribution in [3.05, 3.63) is 48.5 Å². The van der Waals surface area contributed by atoms with Crippen LogP contribution in [0.5, 0.6) is 6.01 Å². The summed E-state index contributed by atoms with van der Waals surface area (Å²) in [6.07, 6.45) is 0. The SMILES string of the molecule is O=S(=O)([O-])c1cccc(Nc2nc([O-])nc(Nc3cccc(S(=O)(=O)O)c3)n2)c1.[Na+].[Na+]. The van der Waals surface area contributed by atoms with E-state index < -0.39 is 31.1 Å². The van der Waals surface area contributed by atoms with E-state index in [1.54, 1.807) is 0 Å². The first-order valence-corrected chi connectivity index (χ1v) is 10.5. The Morgan fingerprint density at radius 2 is 1.23 bits per heavy atom. The van der Waals surface area contributed by atoms with E-state index in [9.17, 15) is 26.5 Å². The Hall–Kier alpha value is -1.33. The Morgan fingerprint density at radius 3 is 1.68 bits per heavy atom. The predicted octanol–water partition coefficient (Wildman–Crippen LogP) is -5.41. The molecule has 31 heavy (non-hydrogen) atoms. The molecule has 0 aliphatic heterocycles. The van der Waals surface area contributed by atoms with Gasteiger partial charge in [0, 0.05) is 11.4 Å². The van der Waals surface area contributed by atoms with Gasteiger partial charge in [-0.2, -0.15) is 13.4 Å². The Balaban J connectivity index is 0.00000240. The van der Waals surface area contributed by atoms with Crippen LogP contribution in [-0.4, -0.2) is 40.9 Å². The Bertz CT molecular complexity index is 1190. The van der Waals surface area contributed by atoms with Gasteiger partial charge in [-0.15, -0.1) is 0 Å². The van der Waals surface area contributed by atoms with Gasteiger partial charge in [-0.25, -0.2) is 18.4 Å². The number of anilines is 4. The van der Waals surface area contributed by atoms with Crippen LogP contribution in [0.1, 0.15) is 0 Å². The summed E-state index contributed by atoms with van der Waals surface area (Å²) in [5.41, 5.74) is 0.294. The smallest absolute Gasteiger partial charge is 0.844 e. The van der Waals surface area contributed by atoms with Crippen LogP contribution in [0.15, 0.2) is 58.3 Å². The molecule has 0 radical (unpaired) electrons. The molecule has 0 atom stereocenters. The molecule has 0 saturated heterocycles. The minimum absolute atomic E-state index is 0.